The number of ether oxygens (including phenoxy) is 2. The van der Waals surface area contributed by atoms with E-state index in [-0.39, 0.29) is 6.10 Å². The zero-order chi connectivity index (χ0) is 16.6. The molecule has 2 aromatic heterocycles. The van der Waals surface area contributed by atoms with Crippen LogP contribution in [-0.2, 0) is 16.0 Å². The van der Waals surface area contributed by atoms with Crippen LogP contribution in [0.1, 0.15) is 18.7 Å². The molecule has 1 fully saturated rings. The fraction of sp³-hybridized carbons (Fsp3) is 0.562. The smallest absolute Gasteiger partial charge is 0.191 e. The van der Waals surface area contributed by atoms with E-state index >= 15 is 0 Å². The number of fused-ring (bicyclic) bond motifs is 1. The van der Waals surface area contributed by atoms with Crippen molar-refractivity contribution in [2.24, 2.45) is 4.99 Å². The van der Waals surface area contributed by atoms with Crippen molar-refractivity contribution in [1.29, 1.82) is 0 Å². The van der Waals surface area contributed by atoms with Gasteiger partial charge < -0.3 is 20.1 Å². The molecular formula is C16H24N6O2. The van der Waals surface area contributed by atoms with Crippen LogP contribution in [0, 0.1) is 0 Å². The first-order chi connectivity index (χ1) is 11.9. The second-order valence-corrected chi connectivity index (χ2v) is 5.61. The van der Waals surface area contributed by atoms with Gasteiger partial charge in [-0.05, 0) is 25.0 Å². The Morgan fingerprint density at radius 1 is 1.42 bits per heavy atom. The summed E-state index contributed by atoms with van der Waals surface area (Å²) in [7, 11) is 1.75. The Labute approximate surface area is 141 Å². The van der Waals surface area contributed by atoms with Crippen LogP contribution in [0.5, 0.6) is 0 Å². The zero-order valence-corrected chi connectivity index (χ0v) is 13.9. The second kappa shape index (κ2) is 8.60. The predicted molar refractivity (Wildman–Crippen MR) is 91.0 cm³/mol. The van der Waals surface area contributed by atoms with Gasteiger partial charge in [-0.1, -0.05) is 6.07 Å². The summed E-state index contributed by atoms with van der Waals surface area (Å²) in [6.07, 6.45) is 4.14. The van der Waals surface area contributed by atoms with Crippen molar-refractivity contribution < 1.29 is 9.47 Å². The summed E-state index contributed by atoms with van der Waals surface area (Å²) in [5.74, 6) is 1.59. The van der Waals surface area contributed by atoms with Gasteiger partial charge in [0.2, 0.25) is 0 Å². The van der Waals surface area contributed by atoms with E-state index in [4.69, 9.17) is 9.47 Å². The third-order valence-corrected chi connectivity index (χ3v) is 3.88. The van der Waals surface area contributed by atoms with Gasteiger partial charge in [0.05, 0.1) is 19.3 Å². The van der Waals surface area contributed by atoms with Crippen molar-refractivity contribution in [3.05, 3.63) is 30.2 Å². The topological polar surface area (TPSA) is 85.1 Å². The Morgan fingerprint density at radius 2 is 2.38 bits per heavy atom. The molecule has 24 heavy (non-hydrogen) atoms. The first kappa shape index (κ1) is 16.7. The van der Waals surface area contributed by atoms with Gasteiger partial charge in [0.15, 0.2) is 17.4 Å². The van der Waals surface area contributed by atoms with Gasteiger partial charge in [-0.3, -0.25) is 9.39 Å². The molecule has 1 saturated heterocycles. The third kappa shape index (κ3) is 4.42. The molecule has 0 amide bonds. The van der Waals surface area contributed by atoms with Crippen molar-refractivity contribution >= 4 is 11.6 Å². The molecule has 3 rings (SSSR count). The summed E-state index contributed by atoms with van der Waals surface area (Å²) < 4.78 is 13.0. The Balaban J connectivity index is 1.37. The lowest BCUT2D eigenvalue weighted by Crippen LogP contribution is -2.38. The van der Waals surface area contributed by atoms with Crippen molar-refractivity contribution in [1.82, 2.24) is 25.2 Å². The normalized spacial score (nSPS) is 18.2. The summed E-state index contributed by atoms with van der Waals surface area (Å²) in [5.41, 5.74) is 0.838. The van der Waals surface area contributed by atoms with Gasteiger partial charge in [0.1, 0.15) is 0 Å². The van der Waals surface area contributed by atoms with Crippen LogP contribution in [0.25, 0.3) is 5.65 Å². The van der Waals surface area contributed by atoms with Gasteiger partial charge in [-0.2, -0.15) is 0 Å². The van der Waals surface area contributed by atoms with Gasteiger partial charge in [0.25, 0.3) is 0 Å². The van der Waals surface area contributed by atoms with Crippen LogP contribution in [-0.4, -0.2) is 60.1 Å². The molecule has 0 radical (unpaired) electrons. The number of pyridine rings is 1. The lowest BCUT2D eigenvalue weighted by molar-refractivity contribution is 0.0420. The van der Waals surface area contributed by atoms with Crippen LogP contribution in [0.4, 0.5) is 0 Å². The SMILES string of the molecule is CN=C(NCCCOC1CCOC1)NCc1nnc2ccccn12. The predicted octanol–water partition coefficient (Wildman–Crippen LogP) is 0.590. The molecule has 0 aliphatic carbocycles. The Morgan fingerprint density at radius 3 is 3.21 bits per heavy atom. The third-order valence-electron chi connectivity index (χ3n) is 3.88. The Hall–Kier alpha value is -2.19. The largest absolute Gasteiger partial charge is 0.379 e. The molecule has 3 heterocycles. The fourth-order valence-electron chi connectivity index (χ4n) is 2.57. The molecular weight excluding hydrogens is 308 g/mol. The Bertz CT molecular complexity index is 665. The van der Waals surface area contributed by atoms with Crippen molar-refractivity contribution in [2.75, 3.05) is 33.4 Å². The number of aliphatic imine (C=N–C) groups is 1. The maximum atomic E-state index is 5.74. The summed E-state index contributed by atoms with van der Waals surface area (Å²) in [6, 6.07) is 5.84. The number of nitrogens with one attached hydrogen (secondary N) is 2. The first-order valence-electron chi connectivity index (χ1n) is 8.29. The number of nitrogens with zero attached hydrogens (tertiary/aromatic N) is 4. The molecule has 130 valence electrons. The van der Waals surface area contributed by atoms with E-state index in [1.807, 2.05) is 28.8 Å². The van der Waals surface area contributed by atoms with Crippen LogP contribution >= 0.6 is 0 Å². The summed E-state index contributed by atoms with van der Waals surface area (Å²) in [6.45, 7) is 3.63. The molecule has 2 N–H and O–H groups in total. The average molecular weight is 332 g/mol. The Kier molecular flexibility index (Phi) is 5.97. The molecule has 2 aromatic rings. The van der Waals surface area contributed by atoms with Crippen LogP contribution in [0.15, 0.2) is 29.4 Å². The molecule has 0 bridgehead atoms. The summed E-state index contributed by atoms with van der Waals surface area (Å²) in [5, 5.41) is 14.9. The fourth-order valence-corrected chi connectivity index (χ4v) is 2.57. The van der Waals surface area contributed by atoms with E-state index in [0.29, 0.717) is 6.54 Å². The minimum Gasteiger partial charge on any atom is -0.379 e. The number of hydrogen-bond donors (Lipinski definition) is 2. The van der Waals surface area contributed by atoms with Gasteiger partial charge >= 0.3 is 0 Å². The lowest BCUT2D eigenvalue weighted by atomic mass is 10.3. The standard InChI is InChI=1S/C16H24N6O2/c1-17-16(18-7-4-9-24-13-6-10-23-12-13)19-11-15-21-20-14-5-2-3-8-22(14)15/h2-3,5,8,13H,4,6-7,9-12H2,1H3,(H2,17,18,19). The highest BCUT2D eigenvalue weighted by Gasteiger charge is 2.15. The quantitative estimate of drug-likeness (QED) is 0.438. The highest BCUT2D eigenvalue weighted by Crippen LogP contribution is 2.07. The highest BCUT2D eigenvalue weighted by molar-refractivity contribution is 5.79. The molecule has 8 nitrogen and oxygen atoms in total. The highest BCUT2D eigenvalue weighted by atomic mass is 16.5. The number of rotatable bonds is 7. The molecule has 0 spiro atoms. The van der Waals surface area contributed by atoms with E-state index in [1.54, 1.807) is 7.05 Å². The number of aromatic nitrogens is 3. The average Bonchev–Trinajstić information content (AvgIpc) is 3.27. The molecule has 8 heteroatoms. The van der Waals surface area contributed by atoms with Crippen LogP contribution in [0.3, 0.4) is 0 Å². The first-order valence-corrected chi connectivity index (χ1v) is 8.29. The molecule has 1 aliphatic heterocycles. The number of guanidine groups is 1. The maximum absolute atomic E-state index is 5.74. The maximum Gasteiger partial charge on any atom is 0.191 e. The van der Waals surface area contributed by atoms with Crippen LogP contribution in [0.2, 0.25) is 0 Å². The van der Waals surface area contributed by atoms with Gasteiger partial charge in [0, 0.05) is 33.0 Å². The minimum atomic E-state index is 0.267. The lowest BCUT2D eigenvalue weighted by Gasteiger charge is -2.12. The van der Waals surface area contributed by atoms with Gasteiger partial charge in [-0.25, -0.2) is 0 Å². The van der Waals surface area contributed by atoms with E-state index in [0.717, 1.165) is 56.6 Å². The summed E-state index contributed by atoms with van der Waals surface area (Å²) >= 11 is 0. The van der Waals surface area contributed by atoms with Crippen LogP contribution < -0.4 is 10.6 Å². The van der Waals surface area contributed by atoms with E-state index in [1.165, 1.54) is 0 Å². The molecule has 1 atom stereocenters. The van der Waals surface area contributed by atoms with Crippen molar-refractivity contribution in [2.45, 2.75) is 25.5 Å². The molecule has 1 aliphatic rings. The van der Waals surface area contributed by atoms with Crippen molar-refractivity contribution in [3.63, 3.8) is 0 Å². The van der Waals surface area contributed by atoms with Crippen molar-refractivity contribution in [3.8, 4) is 0 Å². The summed E-state index contributed by atoms with van der Waals surface area (Å²) in [4.78, 5) is 4.22. The van der Waals surface area contributed by atoms with Gasteiger partial charge in [-0.15, -0.1) is 10.2 Å². The number of hydrogen-bond acceptors (Lipinski definition) is 5. The van der Waals surface area contributed by atoms with E-state index in [2.05, 4.69) is 25.8 Å². The van der Waals surface area contributed by atoms with E-state index < -0.39 is 0 Å². The monoisotopic (exact) mass is 332 g/mol. The van der Waals surface area contributed by atoms with E-state index in [9.17, 15) is 0 Å². The molecule has 0 saturated carbocycles. The zero-order valence-electron chi connectivity index (χ0n) is 13.9. The minimum absolute atomic E-state index is 0.267. The second-order valence-electron chi connectivity index (χ2n) is 5.61. The molecule has 0 aromatic carbocycles. The molecule has 1 unspecified atom stereocenters.